The lowest BCUT2D eigenvalue weighted by Gasteiger charge is -2.35. The third kappa shape index (κ3) is 2.65. The molecule has 1 saturated heterocycles. The van der Waals surface area contributed by atoms with E-state index in [1.807, 2.05) is 12.3 Å². The summed E-state index contributed by atoms with van der Waals surface area (Å²) in [5, 5.41) is 4.84. The molecule has 1 aromatic carbocycles. The van der Waals surface area contributed by atoms with Gasteiger partial charge in [-0.3, -0.25) is 4.90 Å². The Morgan fingerprint density at radius 3 is 2.82 bits per heavy atom. The highest BCUT2D eigenvalue weighted by atomic mass is 16.5. The molecule has 3 heterocycles. The molecule has 0 unspecified atom stereocenters. The number of aromatic nitrogens is 3. The van der Waals surface area contributed by atoms with Crippen molar-refractivity contribution in [1.82, 2.24) is 20.0 Å². The Kier molecular flexibility index (Phi) is 3.44. The molecule has 1 fully saturated rings. The Morgan fingerprint density at radius 1 is 1.09 bits per heavy atom. The highest BCUT2D eigenvalue weighted by Gasteiger charge is 2.18. The lowest BCUT2D eigenvalue weighted by atomic mass is 10.2. The molecule has 1 aliphatic rings. The van der Waals surface area contributed by atoms with Crippen molar-refractivity contribution < 1.29 is 4.52 Å². The first kappa shape index (κ1) is 13.2. The molecule has 112 valence electrons. The zero-order valence-corrected chi connectivity index (χ0v) is 12.2. The maximum absolute atomic E-state index is 5.18. The molecule has 4 rings (SSSR count). The number of hydrogen-bond donors (Lipinski definition) is 0. The van der Waals surface area contributed by atoms with E-state index in [4.69, 9.17) is 4.52 Å². The van der Waals surface area contributed by atoms with Gasteiger partial charge in [0.05, 0.1) is 18.3 Å². The molecule has 6 nitrogen and oxygen atoms in total. The van der Waals surface area contributed by atoms with Gasteiger partial charge in [-0.2, -0.15) is 0 Å². The smallest absolute Gasteiger partial charge is 0.150 e. The molecule has 0 saturated carbocycles. The maximum atomic E-state index is 5.18. The molecule has 0 N–H and O–H groups in total. The summed E-state index contributed by atoms with van der Waals surface area (Å²) in [4.78, 5) is 13.2. The fraction of sp³-hybridized carbons (Fsp3) is 0.312. The minimum absolute atomic E-state index is 0.833. The van der Waals surface area contributed by atoms with E-state index in [9.17, 15) is 0 Å². The first-order valence-electron chi connectivity index (χ1n) is 7.45. The third-order valence-corrected chi connectivity index (χ3v) is 4.10. The van der Waals surface area contributed by atoms with Gasteiger partial charge in [0.25, 0.3) is 0 Å². The van der Waals surface area contributed by atoms with Gasteiger partial charge in [0.15, 0.2) is 5.76 Å². The van der Waals surface area contributed by atoms with Crippen LogP contribution < -0.4 is 4.90 Å². The molecule has 0 radical (unpaired) electrons. The van der Waals surface area contributed by atoms with Gasteiger partial charge in [-0.15, -0.1) is 0 Å². The number of piperazine rings is 1. The zero-order chi connectivity index (χ0) is 14.8. The molecule has 6 heteroatoms. The second kappa shape index (κ2) is 5.73. The van der Waals surface area contributed by atoms with E-state index in [1.54, 1.807) is 12.5 Å². The summed E-state index contributed by atoms with van der Waals surface area (Å²) in [6.07, 6.45) is 5.15. The van der Waals surface area contributed by atoms with Gasteiger partial charge in [-0.05, 0) is 18.2 Å². The first-order chi connectivity index (χ1) is 10.9. The number of hydrogen-bond acceptors (Lipinski definition) is 6. The topological polar surface area (TPSA) is 58.3 Å². The SMILES string of the molecule is c1cc(CN2CCN(c3ccc4ncncc4c3)CC2)on1. The largest absolute Gasteiger partial charge is 0.369 e. The molecule has 0 amide bonds. The summed E-state index contributed by atoms with van der Waals surface area (Å²) < 4.78 is 5.18. The minimum Gasteiger partial charge on any atom is -0.369 e. The quantitative estimate of drug-likeness (QED) is 0.736. The number of benzene rings is 1. The van der Waals surface area contributed by atoms with Gasteiger partial charge < -0.3 is 9.42 Å². The predicted molar refractivity (Wildman–Crippen MR) is 83.5 cm³/mol. The van der Waals surface area contributed by atoms with Crippen LogP contribution in [-0.4, -0.2) is 46.2 Å². The number of nitrogens with zero attached hydrogens (tertiary/aromatic N) is 5. The van der Waals surface area contributed by atoms with Crippen molar-refractivity contribution in [2.24, 2.45) is 0 Å². The van der Waals surface area contributed by atoms with Gasteiger partial charge in [-0.1, -0.05) is 5.16 Å². The molecule has 0 bridgehead atoms. The van der Waals surface area contributed by atoms with E-state index < -0.39 is 0 Å². The molecule has 0 spiro atoms. The standard InChI is InChI=1S/C16H17N5O/c1-2-16-13(10-17-12-18-16)9-14(1)21-7-5-20(6-8-21)11-15-3-4-19-22-15/h1-4,9-10,12H,5-8,11H2. The summed E-state index contributed by atoms with van der Waals surface area (Å²) in [5.41, 5.74) is 2.23. The Balaban J connectivity index is 1.43. The Morgan fingerprint density at radius 2 is 2.00 bits per heavy atom. The fourth-order valence-electron chi connectivity index (χ4n) is 2.88. The summed E-state index contributed by atoms with van der Waals surface area (Å²) in [7, 11) is 0. The van der Waals surface area contributed by atoms with Crippen LogP contribution in [0.2, 0.25) is 0 Å². The molecular formula is C16H17N5O. The lowest BCUT2D eigenvalue weighted by molar-refractivity contribution is 0.220. The van der Waals surface area contributed by atoms with E-state index in [2.05, 4.69) is 43.1 Å². The number of fused-ring (bicyclic) bond motifs is 1. The normalized spacial score (nSPS) is 16.3. The fourth-order valence-corrected chi connectivity index (χ4v) is 2.88. The zero-order valence-electron chi connectivity index (χ0n) is 12.2. The molecular weight excluding hydrogens is 278 g/mol. The lowest BCUT2D eigenvalue weighted by Crippen LogP contribution is -2.45. The van der Waals surface area contributed by atoms with Gasteiger partial charge >= 0.3 is 0 Å². The van der Waals surface area contributed by atoms with Crippen LogP contribution in [0.4, 0.5) is 5.69 Å². The molecule has 1 aliphatic heterocycles. The van der Waals surface area contributed by atoms with Crippen molar-refractivity contribution >= 4 is 16.6 Å². The van der Waals surface area contributed by atoms with Gasteiger partial charge in [0.1, 0.15) is 6.33 Å². The van der Waals surface area contributed by atoms with Crippen molar-refractivity contribution in [2.45, 2.75) is 6.54 Å². The van der Waals surface area contributed by atoms with Crippen LogP contribution in [0.3, 0.4) is 0 Å². The average molecular weight is 295 g/mol. The van der Waals surface area contributed by atoms with E-state index in [1.165, 1.54) is 5.69 Å². The first-order valence-corrected chi connectivity index (χ1v) is 7.45. The predicted octanol–water partition coefficient (Wildman–Crippen LogP) is 1.94. The summed E-state index contributed by atoms with van der Waals surface area (Å²) in [5.74, 6) is 0.927. The summed E-state index contributed by atoms with van der Waals surface area (Å²) in [6.45, 7) is 4.88. The highest BCUT2D eigenvalue weighted by Crippen LogP contribution is 2.21. The van der Waals surface area contributed by atoms with Crippen molar-refractivity contribution in [3.05, 3.63) is 48.7 Å². The molecule has 3 aromatic rings. The Labute approximate surface area is 128 Å². The van der Waals surface area contributed by atoms with Crippen molar-refractivity contribution in [3.8, 4) is 0 Å². The second-order valence-corrected chi connectivity index (χ2v) is 5.51. The van der Waals surface area contributed by atoms with E-state index in [0.29, 0.717) is 0 Å². The maximum Gasteiger partial charge on any atom is 0.150 e. The Bertz CT molecular complexity index is 750. The van der Waals surface area contributed by atoms with Crippen LogP contribution in [0.1, 0.15) is 5.76 Å². The van der Waals surface area contributed by atoms with Gasteiger partial charge in [0, 0.05) is 49.5 Å². The summed E-state index contributed by atoms with van der Waals surface area (Å²) in [6, 6.07) is 8.30. The highest BCUT2D eigenvalue weighted by molar-refractivity contribution is 5.81. The molecule has 22 heavy (non-hydrogen) atoms. The Hall–Kier alpha value is -2.47. The van der Waals surface area contributed by atoms with Crippen LogP contribution in [0.25, 0.3) is 10.9 Å². The summed E-state index contributed by atoms with van der Waals surface area (Å²) >= 11 is 0. The van der Waals surface area contributed by atoms with Crippen molar-refractivity contribution in [2.75, 3.05) is 31.1 Å². The van der Waals surface area contributed by atoms with E-state index in [-0.39, 0.29) is 0 Å². The number of anilines is 1. The average Bonchev–Trinajstić information content (AvgIpc) is 3.08. The van der Waals surface area contributed by atoms with Gasteiger partial charge in [0.2, 0.25) is 0 Å². The molecule has 0 atom stereocenters. The van der Waals surface area contributed by atoms with Crippen LogP contribution >= 0.6 is 0 Å². The van der Waals surface area contributed by atoms with Crippen molar-refractivity contribution in [3.63, 3.8) is 0 Å². The van der Waals surface area contributed by atoms with Gasteiger partial charge in [-0.25, -0.2) is 9.97 Å². The molecule has 2 aromatic heterocycles. The van der Waals surface area contributed by atoms with E-state index >= 15 is 0 Å². The monoisotopic (exact) mass is 295 g/mol. The third-order valence-electron chi connectivity index (χ3n) is 4.10. The van der Waals surface area contributed by atoms with E-state index in [0.717, 1.165) is 49.4 Å². The second-order valence-electron chi connectivity index (χ2n) is 5.51. The van der Waals surface area contributed by atoms with Crippen LogP contribution in [0.5, 0.6) is 0 Å². The minimum atomic E-state index is 0.833. The van der Waals surface area contributed by atoms with Crippen LogP contribution in [0, 0.1) is 0 Å². The molecule has 0 aliphatic carbocycles. The van der Waals surface area contributed by atoms with Crippen LogP contribution in [-0.2, 0) is 6.54 Å². The number of rotatable bonds is 3. The van der Waals surface area contributed by atoms with Crippen LogP contribution in [0.15, 0.2) is 47.5 Å². The van der Waals surface area contributed by atoms with Crippen molar-refractivity contribution in [1.29, 1.82) is 0 Å².